The van der Waals surface area contributed by atoms with Gasteiger partial charge in [-0.3, -0.25) is 0 Å². The van der Waals surface area contributed by atoms with Gasteiger partial charge in [-0.2, -0.15) is 0 Å². The number of ether oxygens (including phenoxy) is 1. The van der Waals surface area contributed by atoms with E-state index in [2.05, 4.69) is 51.0 Å². The minimum atomic E-state index is -0.0236. The molecule has 114 valence electrons. The summed E-state index contributed by atoms with van der Waals surface area (Å²) in [5.74, 6) is 1.69. The van der Waals surface area contributed by atoms with Gasteiger partial charge in [0.25, 0.3) is 0 Å². The van der Waals surface area contributed by atoms with Crippen LogP contribution in [-0.4, -0.2) is 23.6 Å². The van der Waals surface area contributed by atoms with Crippen LogP contribution in [-0.2, 0) is 10.2 Å². The SMILES string of the molecule is CCCNc1cc(C(C)(C)C)nc(C(CCC)OC)n1. The van der Waals surface area contributed by atoms with Gasteiger partial charge in [0, 0.05) is 25.1 Å². The van der Waals surface area contributed by atoms with E-state index in [1.165, 1.54) is 0 Å². The Morgan fingerprint density at radius 2 is 1.90 bits per heavy atom. The van der Waals surface area contributed by atoms with Crippen LogP contribution in [0, 0.1) is 0 Å². The largest absolute Gasteiger partial charge is 0.373 e. The molecule has 1 aromatic rings. The van der Waals surface area contributed by atoms with Crippen LogP contribution in [0.4, 0.5) is 5.82 Å². The van der Waals surface area contributed by atoms with E-state index in [1.807, 2.05) is 0 Å². The second kappa shape index (κ2) is 7.58. The number of nitrogens with zero attached hydrogens (tertiary/aromatic N) is 2. The number of aromatic nitrogens is 2. The fraction of sp³-hybridized carbons (Fsp3) is 0.750. The molecule has 0 bridgehead atoms. The molecule has 1 rings (SSSR count). The van der Waals surface area contributed by atoms with Crippen molar-refractivity contribution in [3.05, 3.63) is 17.6 Å². The van der Waals surface area contributed by atoms with E-state index >= 15 is 0 Å². The van der Waals surface area contributed by atoms with Gasteiger partial charge in [-0.05, 0) is 12.8 Å². The van der Waals surface area contributed by atoms with Gasteiger partial charge in [-0.25, -0.2) is 9.97 Å². The van der Waals surface area contributed by atoms with E-state index in [1.54, 1.807) is 7.11 Å². The maximum Gasteiger partial charge on any atom is 0.159 e. The van der Waals surface area contributed by atoms with E-state index in [-0.39, 0.29) is 11.5 Å². The molecule has 0 amide bonds. The number of anilines is 1. The van der Waals surface area contributed by atoms with Crippen LogP contribution in [0.5, 0.6) is 0 Å². The lowest BCUT2D eigenvalue weighted by Gasteiger charge is -2.22. The zero-order valence-corrected chi connectivity index (χ0v) is 13.8. The maximum absolute atomic E-state index is 5.55. The lowest BCUT2D eigenvalue weighted by molar-refractivity contribution is 0.0873. The number of nitrogens with one attached hydrogen (secondary N) is 1. The average molecular weight is 279 g/mol. The molecule has 1 atom stereocenters. The molecule has 1 heterocycles. The highest BCUT2D eigenvalue weighted by Crippen LogP contribution is 2.26. The fourth-order valence-electron chi connectivity index (χ4n) is 1.95. The molecule has 4 nitrogen and oxygen atoms in total. The number of rotatable bonds is 7. The third-order valence-corrected chi connectivity index (χ3v) is 3.19. The minimum absolute atomic E-state index is 0.00480. The molecule has 4 heteroatoms. The van der Waals surface area contributed by atoms with Gasteiger partial charge in [-0.15, -0.1) is 0 Å². The number of hydrogen-bond donors (Lipinski definition) is 1. The zero-order chi connectivity index (χ0) is 15.2. The Labute approximate surface area is 123 Å². The first kappa shape index (κ1) is 16.9. The second-order valence-electron chi connectivity index (χ2n) is 6.19. The van der Waals surface area contributed by atoms with E-state index in [4.69, 9.17) is 9.72 Å². The van der Waals surface area contributed by atoms with Gasteiger partial charge in [0.2, 0.25) is 0 Å². The van der Waals surface area contributed by atoms with Gasteiger partial charge in [0.1, 0.15) is 11.9 Å². The summed E-state index contributed by atoms with van der Waals surface area (Å²) in [6.45, 7) is 11.7. The van der Waals surface area contributed by atoms with Crippen molar-refractivity contribution in [2.45, 2.75) is 65.4 Å². The van der Waals surface area contributed by atoms with Gasteiger partial charge in [0.05, 0.1) is 5.69 Å². The normalized spacial score (nSPS) is 13.3. The molecule has 0 aliphatic heterocycles. The lowest BCUT2D eigenvalue weighted by Crippen LogP contribution is -2.19. The average Bonchev–Trinajstić information content (AvgIpc) is 2.41. The van der Waals surface area contributed by atoms with Crippen molar-refractivity contribution in [2.75, 3.05) is 19.0 Å². The van der Waals surface area contributed by atoms with Crippen molar-refractivity contribution < 1.29 is 4.74 Å². The molecule has 1 aromatic heterocycles. The molecule has 0 aliphatic carbocycles. The standard InChI is InChI=1S/C16H29N3O/c1-7-9-12(20-6)15-18-13(16(3,4)5)11-14(19-15)17-10-8-2/h11-12H,7-10H2,1-6H3,(H,17,18,19). The first-order valence-electron chi connectivity index (χ1n) is 7.58. The van der Waals surface area contributed by atoms with Crippen LogP contribution in [0.15, 0.2) is 6.07 Å². The van der Waals surface area contributed by atoms with E-state index in [0.29, 0.717) is 0 Å². The Balaban J connectivity index is 3.14. The van der Waals surface area contributed by atoms with Gasteiger partial charge in [0.15, 0.2) is 5.82 Å². The summed E-state index contributed by atoms with van der Waals surface area (Å²) >= 11 is 0. The fourth-order valence-corrected chi connectivity index (χ4v) is 1.95. The molecule has 0 spiro atoms. The second-order valence-corrected chi connectivity index (χ2v) is 6.19. The zero-order valence-electron chi connectivity index (χ0n) is 13.8. The minimum Gasteiger partial charge on any atom is -0.373 e. The van der Waals surface area contributed by atoms with Gasteiger partial charge >= 0.3 is 0 Å². The Bertz CT molecular complexity index is 413. The highest BCUT2D eigenvalue weighted by atomic mass is 16.5. The Kier molecular flexibility index (Phi) is 6.40. The van der Waals surface area contributed by atoms with Crippen LogP contribution in [0.25, 0.3) is 0 Å². The molecule has 0 saturated carbocycles. The molecule has 0 fully saturated rings. The van der Waals surface area contributed by atoms with E-state index in [0.717, 1.165) is 43.1 Å². The topological polar surface area (TPSA) is 47.0 Å². The number of methoxy groups -OCH3 is 1. The monoisotopic (exact) mass is 279 g/mol. The Hall–Kier alpha value is -1.16. The summed E-state index contributed by atoms with van der Waals surface area (Å²) in [6.07, 6.45) is 3.05. The molecular weight excluding hydrogens is 250 g/mol. The highest BCUT2D eigenvalue weighted by molar-refractivity contribution is 5.38. The van der Waals surface area contributed by atoms with Crippen molar-refractivity contribution >= 4 is 5.82 Å². The molecule has 0 radical (unpaired) electrons. The number of hydrogen-bond acceptors (Lipinski definition) is 4. The van der Waals surface area contributed by atoms with Crippen molar-refractivity contribution in [1.82, 2.24) is 9.97 Å². The van der Waals surface area contributed by atoms with Crippen molar-refractivity contribution in [3.8, 4) is 0 Å². The molecule has 1 N–H and O–H groups in total. The molecule has 20 heavy (non-hydrogen) atoms. The van der Waals surface area contributed by atoms with Crippen molar-refractivity contribution in [3.63, 3.8) is 0 Å². The molecular formula is C16H29N3O. The molecule has 0 saturated heterocycles. The van der Waals surface area contributed by atoms with Crippen LogP contribution in [0.3, 0.4) is 0 Å². The Morgan fingerprint density at radius 3 is 2.40 bits per heavy atom. The first-order valence-corrected chi connectivity index (χ1v) is 7.58. The predicted octanol–water partition coefficient (Wildman–Crippen LogP) is 4.08. The smallest absolute Gasteiger partial charge is 0.159 e. The summed E-state index contributed by atoms with van der Waals surface area (Å²) < 4.78 is 5.55. The molecule has 1 unspecified atom stereocenters. The third-order valence-electron chi connectivity index (χ3n) is 3.19. The van der Waals surface area contributed by atoms with Crippen LogP contribution < -0.4 is 5.32 Å². The van der Waals surface area contributed by atoms with Crippen LogP contribution in [0.2, 0.25) is 0 Å². The summed E-state index contributed by atoms with van der Waals surface area (Å²) in [5, 5.41) is 3.36. The van der Waals surface area contributed by atoms with Gasteiger partial charge in [-0.1, -0.05) is 41.0 Å². The van der Waals surface area contributed by atoms with Crippen molar-refractivity contribution in [1.29, 1.82) is 0 Å². The third kappa shape index (κ3) is 4.75. The summed E-state index contributed by atoms with van der Waals surface area (Å²) in [6, 6.07) is 2.05. The summed E-state index contributed by atoms with van der Waals surface area (Å²) in [7, 11) is 1.73. The van der Waals surface area contributed by atoms with E-state index < -0.39 is 0 Å². The van der Waals surface area contributed by atoms with Crippen molar-refractivity contribution in [2.24, 2.45) is 0 Å². The van der Waals surface area contributed by atoms with Gasteiger partial charge < -0.3 is 10.1 Å². The summed E-state index contributed by atoms with van der Waals surface area (Å²) in [4.78, 5) is 9.35. The van der Waals surface area contributed by atoms with Crippen LogP contribution in [0.1, 0.15) is 71.5 Å². The molecule has 0 aromatic carbocycles. The Morgan fingerprint density at radius 1 is 1.20 bits per heavy atom. The maximum atomic E-state index is 5.55. The predicted molar refractivity (Wildman–Crippen MR) is 84.2 cm³/mol. The van der Waals surface area contributed by atoms with Crippen LogP contribution >= 0.6 is 0 Å². The highest BCUT2D eigenvalue weighted by Gasteiger charge is 2.21. The molecule has 0 aliphatic rings. The quantitative estimate of drug-likeness (QED) is 0.817. The summed E-state index contributed by atoms with van der Waals surface area (Å²) in [5.41, 5.74) is 1.06. The first-order chi connectivity index (χ1) is 9.42. The van der Waals surface area contributed by atoms with E-state index in [9.17, 15) is 0 Å². The lowest BCUT2D eigenvalue weighted by atomic mass is 9.91.